The van der Waals surface area contributed by atoms with E-state index >= 15 is 0 Å². The van der Waals surface area contributed by atoms with E-state index in [2.05, 4.69) is 71.9 Å². The van der Waals surface area contributed by atoms with Crippen LogP contribution in [0.3, 0.4) is 0 Å². The molecule has 21 heavy (non-hydrogen) atoms. The number of halogens is 2. The third-order valence-corrected chi connectivity index (χ3v) is 4.24. The summed E-state index contributed by atoms with van der Waals surface area (Å²) in [7, 11) is 0. The summed E-state index contributed by atoms with van der Waals surface area (Å²) in [5, 5.41) is 8.08. The summed E-state index contributed by atoms with van der Waals surface area (Å²) >= 11 is 7.15. The number of aryl methyl sites for hydroxylation is 1. The summed E-state index contributed by atoms with van der Waals surface area (Å²) < 4.78 is 4.09. The average Bonchev–Trinajstić information content (AvgIpc) is 2.82. The second-order valence-electron chi connectivity index (χ2n) is 4.92. The van der Waals surface area contributed by atoms with Crippen molar-refractivity contribution in [3.63, 3.8) is 0 Å². The minimum absolute atomic E-state index is 0.0818. The van der Waals surface area contributed by atoms with Gasteiger partial charge in [0.15, 0.2) is 0 Å². The van der Waals surface area contributed by atoms with Crippen LogP contribution in [0.15, 0.2) is 33.6 Å². The fourth-order valence-corrected chi connectivity index (χ4v) is 3.20. The molecule has 0 bridgehead atoms. The SMILES string of the molecule is CCCNC(c1cncc(Br)c1)c1c(Br)cnn1CCC. The van der Waals surface area contributed by atoms with E-state index in [9.17, 15) is 0 Å². The van der Waals surface area contributed by atoms with E-state index in [1.807, 2.05) is 12.4 Å². The van der Waals surface area contributed by atoms with Gasteiger partial charge in [-0.25, -0.2) is 0 Å². The van der Waals surface area contributed by atoms with Crippen LogP contribution >= 0.6 is 31.9 Å². The van der Waals surface area contributed by atoms with E-state index in [1.165, 1.54) is 0 Å². The van der Waals surface area contributed by atoms with Crippen LogP contribution in [0.5, 0.6) is 0 Å². The quantitative estimate of drug-likeness (QED) is 0.732. The van der Waals surface area contributed by atoms with Gasteiger partial charge >= 0.3 is 0 Å². The maximum absolute atomic E-state index is 4.48. The van der Waals surface area contributed by atoms with Crippen molar-refractivity contribution >= 4 is 31.9 Å². The van der Waals surface area contributed by atoms with Gasteiger partial charge in [0.05, 0.1) is 22.4 Å². The fourth-order valence-electron chi connectivity index (χ4n) is 2.30. The first-order valence-corrected chi connectivity index (χ1v) is 8.81. The van der Waals surface area contributed by atoms with Crippen molar-refractivity contribution in [2.45, 2.75) is 39.3 Å². The van der Waals surface area contributed by atoms with Gasteiger partial charge in [0.1, 0.15) is 0 Å². The van der Waals surface area contributed by atoms with Gasteiger partial charge in [-0.1, -0.05) is 13.8 Å². The Balaban J connectivity index is 2.42. The molecule has 0 aliphatic rings. The molecule has 0 fully saturated rings. The molecule has 0 radical (unpaired) electrons. The number of hydrogen-bond acceptors (Lipinski definition) is 3. The molecule has 0 saturated heterocycles. The van der Waals surface area contributed by atoms with E-state index in [-0.39, 0.29) is 6.04 Å². The topological polar surface area (TPSA) is 42.7 Å². The van der Waals surface area contributed by atoms with E-state index in [0.717, 1.165) is 46.1 Å². The number of nitrogens with one attached hydrogen (secondary N) is 1. The van der Waals surface area contributed by atoms with Crippen molar-refractivity contribution in [2.24, 2.45) is 0 Å². The highest BCUT2D eigenvalue weighted by molar-refractivity contribution is 9.10. The smallest absolute Gasteiger partial charge is 0.0775 e. The van der Waals surface area contributed by atoms with Crippen molar-refractivity contribution in [3.8, 4) is 0 Å². The molecular weight excluding hydrogens is 396 g/mol. The van der Waals surface area contributed by atoms with Gasteiger partial charge in [-0.05, 0) is 62.9 Å². The number of hydrogen-bond donors (Lipinski definition) is 1. The molecule has 0 aliphatic heterocycles. The van der Waals surface area contributed by atoms with E-state index in [4.69, 9.17) is 0 Å². The maximum Gasteiger partial charge on any atom is 0.0775 e. The van der Waals surface area contributed by atoms with Crippen LogP contribution in [0.2, 0.25) is 0 Å². The molecule has 2 heterocycles. The van der Waals surface area contributed by atoms with Gasteiger partial charge in [-0.2, -0.15) is 5.10 Å². The van der Waals surface area contributed by atoms with Crippen LogP contribution in [-0.2, 0) is 6.54 Å². The normalized spacial score (nSPS) is 12.6. The first-order chi connectivity index (χ1) is 10.2. The molecule has 6 heteroatoms. The lowest BCUT2D eigenvalue weighted by molar-refractivity contribution is 0.509. The Hall–Kier alpha value is -0.720. The molecular formula is C15H20Br2N4. The molecule has 1 unspecified atom stereocenters. The number of nitrogens with zero attached hydrogens (tertiary/aromatic N) is 3. The first kappa shape index (κ1) is 16.6. The minimum Gasteiger partial charge on any atom is -0.305 e. The van der Waals surface area contributed by atoms with Crippen LogP contribution < -0.4 is 5.32 Å². The van der Waals surface area contributed by atoms with E-state index in [0.29, 0.717) is 0 Å². The predicted octanol–water partition coefficient (Wildman–Crippen LogP) is 4.30. The molecule has 2 aromatic heterocycles. The molecule has 1 N–H and O–H groups in total. The molecule has 4 nitrogen and oxygen atoms in total. The highest BCUT2D eigenvalue weighted by atomic mass is 79.9. The van der Waals surface area contributed by atoms with Crippen LogP contribution in [0.4, 0.5) is 0 Å². The third-order valence-electron chi connectivity index (χ3n) is 3.20. The fraction of sp³-hybridized carbons (Fsp3) is 0.467. The highest BCUT2D eigenvalue weighted by Crippen LogP contribution is 2.29. The Bertz CT molecular complexity index is 583. The van der Waals surface area contributed by atoms with E-state index in [1.54, 1.807) is 6.20 Å². The largest absolute Gasteiger partial charge is 0.305 e. The third kappa shape index (κ3) is 4.14. The van der Waals surface area contributed by atoms with Crippen LogP contribution in [0.25, 0.3) is 0 Å². The summed E-state index contributed by atoms with van der Waals surface area (Å²) in [6.45, 7) is 6.18. The molecule has 0 saturated carbocycles. The molecule has 2 aromatic rings. The number of pyridine rings is 1. The predicted molar refractivity (Wildman–Crippen MR) is 92.3 cm³/mol. The van der Waals surface area contributed by atoms with Gasteiger partial charge in [-0.3, -0.25) is 9.67 Å². The monoisotopic (exact) mass is 414 g/mol. The van der Waals surface area contributed by atoms with Gasteiger partial charge in [0, 0.05) is 23.4 Å². The zero-order valence-electron chi connectivity index (χ0n) is 12.3. The lowest BCUT2D eigenvalue weighted by Gasteiger charge is -2.21. The molecule has 0 aliphatic carbocycles. The van der Waals surface area contributed by atoms with Crippen molar-refractivity contribution in [3.05, 3.63) is 44.9 Å². The standard InChI is InChI=1S/C15H20Br2N4/c1-3-5-19-14(11-7-12(16)9-18-8-11)15-13(17)10-20-21(15)6-4-2/h7-10,14,19H,3-6H2,1-2H3. The molecule has 114 valence electrons. The second kappa shape index (κ2) is 8.06. The van der Waals surface area contributed by atoms with Gasteiger partial charge < -0.3 is 5.32 Å². The Kier molecular flexibility index (Phi) is 6.39. The maximum atomic E-state index is 4.48. The summed E-state index contributed by atoms with van der Waals surface area (Å²) in [4.78, 5) is 4.30. The van der Waals surface area contributed by atoms with Crippen LogP contribution in [-0.4, -0.2) is 21.3 Å². The zero-order chi connectivity index (χ0) is 15.2. The summed E-state index contributed by atoms with van der Waals surface area (Å²) in [5.74, 6) is 0. The Labute approximate surface area is 142 Å². The number of aromatic nitrogens is 3. The van der Waals surface area contributed by atoms with Crippen LogP contribution in [0.1, 0.15) is 44.0 Å². The van der Waals surface area contributed by atoms with Crippen molar-refractivity contribution in [2.75, 3.05) is 6.54 Å². The van der Waals surface area contributed by atoms with Gasteiger partial charge in [0.2, 0.25) is 0 Å². The lowest BCUT2D eigenvalue weighted by atomic mass is 10.1. The molecule has 1 atom stereocenters. The molecule has 0 amide bonds. The second-order valence-corrected chi connectivity index (χ2v) is 6.69. The molecule has 0 aromatic carbocycles. The molecule has 0 spiro atoms. The first-order valence-electron chi connectivity index (χ1n) is 7.22. The Morgan fingerprint density at radius 1 is 1.19 bits per heavy atom. The van der Waals surface area contributed by atoms with Gasteiger partial charge in [0.25, 0.3) is 0 Å². The lowest BCUT2D eigenvalue weighted by Crippen LogP contribution is -2.26. The van der Waals surface area contributed by atoms with Crippen LogP contribution in [0, 0.1) is 0 Å². The van der Waals surface area contributed by atoms with Crippen molar-refractivity contribution < 1.29 is 0 Å². The van der Waals surface area contributed by atoms with Gasteiger partial charge in [-0.15, -0.1) is 0 Å². The molecule has 2 rings (SSSR count). The highest BCUT2D eigenvalue weighted by Gasteiger charge is 2.21. The van der Waals surface area contributed by atoms with E-state index < -0.39 is 0 Å². The minimum atomic E-state index is 0.0818. The number of rotatable bonds is 7. The zero-order valence-corrected chi connectivity index (χ0v) is 15.5. The Morgan fingerprint density at radius 2 is 2.00 bits per heavy atom. The summed E-state index contributed by atoms with van der Waals surface area (Å²) in [5.41, 5.74) is 2.29. The van der Waals surface area contributed by atoms with Crippen molar-refractivity contribution in [1.82, 2.24) is 20.1 Å². The summed E-state index contributed by atoms with van der Waals surface area (Å²) in [6.07, 6.45) is 7.72. The Morgan fingerprint density at radius 3 is 2.67 bits per heavy atom. The average molecular weight is 416 g/mol. The van der Waals surface area contributed by atoms with Crippen molar-refractivity contribution in [1.29, 1.82) is 0 Å². The summed E-state index contributed by atoms with van der Waals surface area (Å²) in [6, 6.07) is 2.19.